The largest absolute Gasteiger partial charge is 0.417 e. The van der Waals surface area contributed by atoms with E-state index in [0.29, 0.717) is 57.4 Å². The monoisotopic (exact) mass is 692 g/mol. The van der Waals surface area contributed by atoms with Gasteiger partial charge < -0.3 is 29.2 Å². The number of aromatic amines is 2. The SMILES string of the molecule is CC.CC1COCCN1c1cc(-c2ccccc2C(F)(F)F)[nH]c(=O)c1.O=c1cc(N2CCOCC2)cc(-c2ccccc2C(F)(F)F)[nH]1. The molecule has 0 aliphatic carbocycles. The van der Waals surface area contributed by atoms with Gasteiger partial charge in [0.15, 0.2) is 0 Å². The van der Waals surface area contributed by atoms with Crippen molar-refractivity contribution in [2.75, 3.05) is 55.9 Å². The Kier molecular flexibility index (Phi) is 12.3. The van der Waals surface area contributed by atoms with E-state index in [-0.39, 0.29) is 28.6 Å². The lowest BCUT2D eigenvalue weighted by atomic mass is 10.0. The van der Waals surface area contributed by atoms with Crippen molar-refractivity contribution in [3.63, 3.8) is 0 Å². The number of aromatic nitrogens is 2. The molecular formula is C35H38F6N4O4. The van der Waals surface area contributed by atoms with Crippen molar-refractivity contribution in [3.8, 4) is 22.5 Å². The summed E-state index contributed by atoms with van der Waals surface area (Å²) < 4.78 is 89.8. The molecule has 2 aromatic carbocycles. The predicted molar refractivity (Wildman–Crippen MR) is 177 cm³/mol. The molecule has 0 spiro atoms. The molecule has 2 aliphatic rings. The summed E-state index contributed by atoms with van der Waals surface area (Å²) >= 11 is 0. The minimum Gasteiger partial charge on any atom is -0.378 e. The fraction of sp³-hybridized carbons (Fsp3) is 0.371. The lowest BCUT2D eigenvalue weighted by Crippen LogP contribution is -2.44. The number of pyridine rings is 2. The summed E-state index contributed by atoms with van der Waals surface area (Å²) in [6.45, 7) is 9.83. The molecule has 14 heteroatoms. The van der Waals surface area contributed by atoms with Crippen molar-refractivity contribution in [3.05, 3.63) is 105 Å². The maximum absolute atomic E-state index is 13.2. The van der Waals surface area contributed by atoms with Crippen LogP contribution in [0.5, 0.6) is 0 Å². The number of anilines is 2. The van der Waals surface area contributed by atoms with E-state index in [1.807, 2.05) is 30.6 Å². The Morgan fingerprint density at radius 2 is 1.10 bits per heavy atom. The molecule has 2 N–H and O–H groups in total. The van der Waals surface area contributed by atoms with Crippen LogP contribution in [0, 0.1) is 0 Å². The number of H-pyrrole nitrogens is 2. The first-order valence-corrected chi connectivity index (χ1v) is 15.8. The second-order valence-electron chi connectivity index (χ2n) is 11.0. The highest BCUT2D eigenvalue weighted by molar-refractivity contribution is 5.69. The van der Waals surface area contributed by atoms with Crippen molar-refractivity contribution in [1.29, 1.82) is 0 Å². The van der Waals surface area contributed by atoms with Crippen molar-refractivity contribution in [2.45, 2.75) is 39.2 Å². The van der Waals surface area contributed by atoms with E-state index >= 15 is 0 Å². The number of benzene rings is 2. The van der Waals surface area contributed by atoms with E-state index in [9.17, 15) is 35.9 Å². The highest BCUT2D eigenvalue weighted by Gasteiger charge is 2.35. The molecule has 2 fully saturated rings. The number of hydrogen-bond donors (Lipinski definition) is 2. The molecule has 4 aromatic rings. The molecule has 0 bridgehead atoms. The lowest BCUT2D eigenvalue weighted by Gasteiger charge is -2.35. The van der Waals surface area contributed by atoms with Crippen molar-refractivity contribution in [2.24, 2.45) is 0 Å². The average molecular weight is 693 g/mol. The van der Waals surface area contributed by atoms with Crippen LogP contribution in [0.25, 0.3) is 22.5 Å². The van der Waals surface area contributed by atoms with Gasteiger partial charge in [-0.05, 0) is 31.2 Å². The molecule has 8 nitrogen and oxygen atoms in total. The molecule has 1 unspecified atom stereocenters. The Morgan fingerprint density at radius 1 is 0.653 bits per heavy atom. The third-order valence-corrected chi connectivity index (χ3v) is 7.78. The van der Waals surface area contributed by atoms with Gasteiger partial charge in [0.1, 0.15) is 0 Å². The number of rotatable bonds is 4. The molecule has 0 saturated carbocycles. The summed E-state index contributed by atoms with van der Waals surface area (Å²) in [5.41, 5.74) is -0.958. The number of morpholine rings is 2. The van der Waals surface area contributed by atoms with Gasteiger partial charge in [0, 0.05) is 60.3 Å². The highest BCUT2D eigenvalue weighted by atomic mass is 19.4. The molecule has 264 valence electrons. The van der Waals surface area contributed by atoms with E-state index in [1.54, 1.807) is 12.1 Å². The smallest absolute Gasteiger partial charge is 0.378 e. The summed E-state index contributed by atoms with van der Waals surface area (Å²) in [5.74, 6) is 0. The van der Waals surface area contributed by atoms with E-state index in [0.717, 1.165) is 12.1 Å². The average Bonchev–Trinajstić information content (AvgIpc) is 3.09. The first-order valence-electron chi connectivity index (χ1n) is 15.8. The Morgan fingerprint density at radius 3 is 1.59 bits per heavy atom. The van der Waals surface area contributed by atoms with Crippen LogP contribution >= 0.6 is 0 Å². The minimum absolute atomic E-state index is 0.0350. The standard InChI is InChI=1S/C17H17F3N2O2.C16H15F3N2O2.C2H6/c1-11-10-24-7-6-22(11)12-8-15(21-16(23)9-12)13-4-2-3-5-14(13)17(18,19)20;17-16(18,19)13-4-2-1-3-12(13)14-9-11(10-15(22)20-14)21-5-7-23-8-6-21;1-2/h2-5,8-9,11H,6-7,10H2,1H3,(H,21,23);1-4,9-10H,5-8H2,(H,20,22);1-2H3. The molecular weight excluding hydrogens is 654 g/mol. The summed E-state index contributed by atoms with van der Waals surface area (Å²) in [6, 6.07) is 16.5. The second-order valence-corrected chi connectivity index (χ2v) is 11.0. The number of alkyl halides is 6. The molecule has 6 rings (SSSR count). The minimum atomic E-state index is -4.49. The maximum Gasteiger partial charge on any atom is 0.417 e. The van der Waals surface area contributed by atoms with Crippen molar-refractivity contribution in [1.82, 2.24) is 9.97 Å². The van der Waals surface area contributed by atoms with Gasteiger partial charge in [-0.2, -0.15) is 26.3 Å². The zero-order valence-corrected chi connectivity index (χ0v) is 27.3. The number of nitrogens with zero attached hydrogens (tertiary/aromatic N) is 2. The fourth-order valence-corrected chi connectivity index (χ4v) is 5.56. The van der Waals surface area contributed by atoms with Crippen LogP contribution in [0.15, 0.2) is 82.4 Å². The fourth-order valence-electron chi connectivity index (χ4n) is 5.56. The summed E-state index contributed by atoms with van der Waals surface area (Å²) in [4.78, 5) is 32.8. The van der Waals surface area contributed by atoms with Crippen molar-refractivity contribution < 1.29 is 35.8 Å². The van der Waals surface area contributed by atoms with Gasteiger partial charge in [-0.15, -0.1) is 0 Å². The normalized spacial score (nSPS) is 16.6. The van der Waals surface area contributed by atoms with Gasteiger partial charge in [-0.1, -0.05) is 50.2 Å². The summed E-state index contributed by atoms with van der Waals surface area (Å²) in [7, 11) is 0. The topological polar surface area (TPSA) is 90.7 Å². The van der Waals surface area contributed by atoms with Gasteiger partial charge >= 0.3 is 12.4 Å². The molecule has 0 radical (unpaired) electrons. The Labute approximate surface area is 279 Å². The Balaban J connectivity index is 0.000000210. The van der Waals surface area contributed by atoms with Crippen LogP contribution in [0.2, 0.25) is 0 Å². The first kappa shape index (κ1) is 37.3. The van der Waals surface area contributed by atoms with Crippen LogP contribution in [0.1, 0.15) is 31.9 Å². The van der Waals surface area contributed by atoms with Crippen LogP contribution in [0.3, 0.4) is 0 Å². The highest BCUT2D eigenvalue weighted by Crippen LogP contribution is 2.38. The first-order chi connectivity index (χ1) is 23.3. The lowest BCUT2D eigenvalue weighted by molar-refractivity contribution is -0.137. The number of hydrogen-bond acceptors (Lipinski definition) is 6. The van der Waals surface area contributed by atoms with Crippen LogP contribution < -0.4 is 20.9 Å². The van der Waals surface area contributed by atoms with Gasteiger partial charge in [0.25, 0.3) is 0 Å². The van der Waals surface area contributed by atoms with Gasteiger partial charge in [-0.3, -0.25) is 9.59 Å². The van der Waals surface area contributed by atoms with E-state index in [1.165, 1.54) is 48.5 Å². The summed E-state index contributed by atoms with van der Waals surface area (Å²) in [5, 5.41) is 0. The summed E-state index contributed by atoms with van der Waals surface area (Å²) in [6.07, 6.45) is -8.97. The van der Waals surface area contributed by atoms with Crippen LogP contribution in [-0.4, -0.2) is 62.1 Å². The van der Waals surface area contributed by atoms with Crippen LogP contribution in [0.4, 0.5) is 37.7 Å². The number of halogens is 6. The maximum atomic E-state index is 13.2. The molecule has 1 atom stereocenters. The Bertz CT molecular complexity index is 1800. The van der Waals surface area contributed by atoms with Crippen LogP contribution in [-0.2, 0) is 21.8 Å². The number of nitrogens with one attached hydrogen (secondary N) is 2. The molecule has 2 aliphatic heterocycles. The van der Waals surface area contributed by atoms with E-state index < -0.39 is 34.6 Å². The zero-order valence-electron chi connectivity index (χ0n) is 27.3. The number of ether oxygens (including phenoxy) is 2. The quantitative estimate of drug-likeness (QED) is 0.220. The van der Waals surface area contributed by atoms with E-state index in [2.05, 4.69) is 9.97 Å². The van der Waals surface area contributed by atoms with E-state index in [4.69, 9.17) is 9.47 Å². The van der Waals surface area contributed by atoms with Gasteiger partial charge in [0.2, 0.25) is 11.1 Å². The predicted octanol–water partition coefficient (Wildman–Crippen LogP) is 7.21. The zero-order chi connectivity index (χ0) is 35.8. The van der Waals surface area contributed by atoms with Gasteiger partial charge in [-0.25, -0.2) is 0 Å². The van der Waals surface area contributed by atoms with Gasteiger partial charge in [0.05, 0.1) is 48.9 Å². The molecule has 2 saturated heterocycles. The molecule has 49 heavy (non-hydrogen) atoms. The molecule has 0 amide bonds. The Hall–Kier alpha value is -4.56. The molecule has 2 aromatic heterocycles. The van der Waals surface area contributed by atoms with Crippen molar-refractivity contribution >= 4 is 11.4 Å². The molecule has 4 heterocycles. The second kappa shape index (κ2) is 16.2. The third-order valence-electron chi connectivity index (χ3n) is 7.78. The third kappa shape index (κ3) is 9.54.